The van der Waals surface area contributed by atoms with Gasteiger partial charge in [0.2, 0.25) is 5.88 Å². The number of hydrogen-bond acceptors (Lipinski definition) is 5. The molecule has 0 fully saturated rings. The zero-order valence-electron chi connectivity index (χ0n) is 12.7. The van der Waals surface area contributed by atoms with Crippen molar-refractivity contribution in [2.45, 2.75) is 26.4 Å². The standard InChI is InChI=1S/C16H21N3O2/c1-12(2)21-16-10-15(18-11-19-16)17-9-8-13-6-4-5-7-14(13)20-3/h4-7,10-12H,8-9H2,1-3H3,(H,17,18,19). The fourth-order valence-corrected chi connectivity index (χ4v) is 1.98. The van der Waals surface area contributed by atoms with Crippen LogP contribution >= 0.6 is 0 Å². The van der Waals surface area contributed by atoms with E-state index in [9.17, 15) is 0 Å². The molecule has 0 radical (unpaired) electrons. The molecule has 0 saturated carbocycles. The van der Waals surface area contributed by atoms with E-state index in [1.807, 2.05) is 38.1 Å². The number of methoxy groups -OCH3 is 1. The third-order valence-electron chi connectivity index (χ3n) is 2.89. The summed E-state index contributed by atoms with van der Waals surface area (Å²) in [5.74, 6) is 2.25. The molecule has 1 heterocycles. The Bertz CT molecular complexity index is 573. The minimum absolute atomic E-state index is 0.0985. The SMILES string of the molecule is COc1ccccc1CCNc1cc(OC(C)C)ncn1. The van der Waals surface area contributed by atoms with Crippen molar-refractivity contribution in [1.82, 2.24) is 9.97 Å². The van der Waals surface area contributed by atoms with Crippen LogP contribution in [-0.4, -0.2) is 29.7 Å². The lowest BCUT2D eigenvalue weighted by Gasteiger charge is -2.11. The topological polar surface area (TPSA) is 56.3 Å². The second-order valence-corrected chi connectivity index (χ2v) is 4.90. The van der Waals surface area contributed by atoms with Crippen LogP contribution in [0.15, 0.2) is 36.7 Å². The van der Waals surface area contributed by atoms with Gasteiger partial charge in [0.25, 0.3) is 0 Å². The lowest BCUT2D eigenvalue weighted by Crippen LogP contribution is -2.10. The first-order valence-electron chi connectivity index (χ1n) is 7.03. The quantitative estimate of drug-likeness (QED) is 0.848. The zero-order valence-corrected chi connectivity index (χ0v) is 12.7. The summed E-state index contributed by atoms with van der Waals surface area (Å²) in [4.78, 5) is 8.27. The maximum absolute atomic E-state index is 5.54. The largest absolute Gasteiger partial charge is 0.496 e. The predicted molar refractivity (Wildman–Crippen MR) is 83.0 cm³/mol. The van der Waals surface area contributed by atoms with Gasteiger partial charge in [0.15, 0.2) is 0 Å². The lowest BCUT2D eigenvalue weighted by molar-refractivity contribution is 0.232. The average Bonchev–Trinajstić information content (AvgIpc) is 2.47. The summed E-state index contributed by atoms with van der Waals surface area (Å²) in [7, 11) is 1.69. The molecule has 0 atom stereocenters. The zero-order chi connectivity index (χ0) is 15.1. The number of benzene rings is 1. The predicted octanol–water partition coefficient (Wildman–Crippen LogP) is 2.93. The van der Waals surface area contributed by atoms with Crippen LogP contribution in [-0.2, 0) is 6.42 Å². The van der Waals surface area contributed by atoms with Crippen molar-refractivity contribution in [1.29, 1.82) is 0 Å². The molecule has 5 nitrogen and oxygen atoms in total. The van der Waals surface area contributed by atoms with E-state index in [0.29, 0.717) is 5.88 Å². The van der Waals surface area contributed by atoms with Crippen LogP contribution in [0.1, 0.15) is 19.4 Å². The van der Waals surface area contributed by atoms with Crippen molar-refractivity contribution in [2.24, 2.45) is 0 Å². The number of para-hydroxylation sites is 1. The van der Waals surface area contributed by atoms with Crippen LogP contribution in [0, 0.1) is 0 Å². The molecule has 0 bridgehead atoms. The van der Waals surface area contributed by atoms with Gasteiger partial charge >= 0.3 is 0 Å². The van der Waals surface area contributed by atoms with Crippen LogP contribution < -0.4 is 14.8 Å². The Morgan fingerprint density at radius 3 is 2.76 bits per heavy atom. The van der Waals surface area contributed by atoms with Gasteiger partial charge in [0, 0.05) is 12.6 Å². The molecule has 0 amide bonds. The maximum atomic E-state index is 5.54. The molecule has 112 valence electrons. The Morgan fingerprint density at radius 1 is 1.19 bits per heavy atom. The molecule has 2 aromatic rings. The van der Waals surface area contributed by atoms with Crippen LogP contribution in [0.3, 0.4) is 0 Å². The fourth-order valence-electron chi connectivity index (χ4n) is 1.98. The fraction of sp³-hybridized carbons (Fsp3) is 0.375. The Kier molecular flexibility index (Phi) is 5.37. The molecule has 0 aliphatic rings. The minimum Gasteiger partial charge on any atom is -0.496 e. The van der Waals surface area contributed by atoms with E-state index >= 15 is 0 Å². The van der Waals surface area contributed by atoms with E-state index in [0.717, 1.165) is 24.5 Å². The highest BCUT2D eigenvalue weighted by molar-refractivity contribution is 5.38. The number of hydrogen-bond donors (Lipinski definition) is 1. The lowest BCUT2D eigenvalue weighted by atomic mass is 10.1. The van der Waals surface area contributed by atoms with Gasteiger partial charge in [-0.3, -0.25) is 0 Å². The van der Waals surface area contributed by atoms with E-state index in [1.54, 1.807) is 7.11 Å². The molecule has 5 heteroatoms. The summed E-state index contributed by atoms with van der Waals surface area (Å²) < 4.78 is 10.9. The molecular formula is C16H21N3O2. The minimum atomic E-state index is 0.0985. The smallest absolute Gasteiger partial charge is 0.218 e. The molecule has 0 saturated heterocycles. The highest BCUT2D eigenvalue weighted by atomic mass is 16.5. The van der Waals surface area contributed by atoms with Gasteiger partial charge in [-0.2, -0.15) is 0 Å². The average molecular weight is 287 g/mol. The Morgan fingerprint density at radius 2 is 2.00 bits per heavy atom. The van der Waals surface area contributed by atoms with Crippen LogP contribution in [0.5, 0.6) is 11.6 Å². The summed E-state index contributed by atoms with van der Waals surface area (Å²) in [6, 6.07) is 9.82. The van der Waals surface area contributed by atoms with E-state index in [2.05, 4.69) is 21.4 Å². The Hall–Kier alpha value is -2.30. The third-order valence-corrected chi connectivity index (χ3v) is 2.89. The normalized spacial score (nSPS) is 10.5. The number of nitrogens with one attached hydrogen (secondary N) is 1. The first-order chi connectivity index (χ1) is 10.2. The summed E-state index contributed by atoms with van der Waals surface area (Å²) in [5.41, 5.74) is 1.17. The molecule has 1 aromatic heterocycles. The Balaban J connectivity index is 1.91. The summed E-state index contributed by atoms with van der Waals surface area (Å²) in [5, 5.41) is 3.27. The third kappa shape index (κ3) is 4.63. The van der Waals surface area contributed by atoms with Gasteiger partial charge in [-0.15, -0.1) is 0 Å². The number of nitrogens with zero attached hydrogens (tertiary/aromatic N) is 2. The van der Waals surface area contributed by atoms with E-state index in [1.165, 1.54) is 11.9 Å². The molecule has 2 rings (SSSR count). The molecule has 0 unspecified atom stereocenters. The van der Waals surface area contributed by atoms with Gasteiger partial charge in [-0.1, -0.05) is 18.2 Å². The van der Waals surface area contributed by atoms with Crippen LogP contribution in [0.2, 0.25) is 0 Å². The first kappa shape index (κ1) is 15.1. The number of anilines is 1. The van der Waals surface area contributed by atoms with E-state index in [4.69, 9.17) is 9.47 Å². The first-order valence-corrected chi connectivity index (χ1v) is 7.03. The summed E-state index contributed by atoms with van der Waals surface area (Å²) in [6.45, 7) is 4.70. The molecular weight excluding hydrogens is 266 g/mol. The van der Waals surface area contributed by atoms with Gasteiger partial charge in [-0.05, 0) is 31.9 Å². The number of rotatable bonds is 7. The van der Waals surface area contributed by atoms with Gasteiger partial charge in [0.1, 0.15) is 17.9 Å². The highest BCUT2D eigenvalue weighted by Crippen LogP contribution is 2.18. The maximum Gasteiger partial charge on any atom is 0.218 e. The van der Waals surface area contributed by atoms with E-state index in [-0.39, 0.29) is 6.10 Å². The van der Waals surface area contributed by atoms with Crippen molar-refractivity contribution in [3.63, 3.8) is 0 Å². The summed E-state index contributed by atoms with van der Waals surface area (Å²) >= 11 is 0. The van der Waals surface area contributed by atoms with Crippen molar-refractivity contribution < 1.29 is 9.47 Å². The van der Waals surface area contributed by atoms with Crippen molar-refractivity contribution in [3.8, 4) is 11.6 Å². The number of aromatic nitrogens is 2. The summed E-state index contributed by atoms with van der Waals surface area (Å²) in [6.07, 6.45) is 2.46. The monoisotopic (exact) mass is 287 g/mol. The van der Waals surface area contributed by atoms with Crippen molar-refractivity contribution in [3.05, 3.63) is 42.2 Å². The van der Waals surface area contributed by atoms with Crippen molar-refractivity contribution >= 4 is 5.82 Å². The van der Waals surface area contributed by atoms with E-state index < -0.39 is 0 Å². The van der Waals surface area contributed by atoms with Crippen LogP contribution in [0.25, 0.3) is 0 Å². The van der Waals surface area contributed by atoms with Crippen molar-refractivity contribution in [2.75, 3.05) is 19.0 Å². The molecule has 0 aliphatic carbocycles. The van der Waals surface area contributed by atoms with Gasteiger partial charge in [-0.25, -0.2) is 9.97 Å². The molecule has 0 aliphatic heterocycles. The highest BCUT2D eigenvalue weighted by Gasteiger charge is 2.04. The van der Waals surface area contributed by atoms with Gasteiger partial charge < -0.3 is 14.8 Å². The van der Waals surface area contributed by atoms with Gasteiger partial charge in [0.05, 0.1) is 13.2 Å². The Labute approximate surface area is 125 Å². The molecule has 21 heavy (non-hydrogen) atoms. The molecule has 0 spiro atoms. The molecule has 1 N–H and O–H groups in total. The number of ether oxygens (including phenoxy) is 2. The second kappa shape index (κ2) is 7.47. The van der Waals surface area contributed by atoms with Crippen LogP contribution in [0.4, 0.5) is 5.82 Å². The molecule has 1 aromatic carbocycles. The second-order valence-electron chi connectivity index (χ2n) is 4.90.